The third kappa shape index (κ3) is 5.74. The van der Waals surface area contributed by atoms with Crippen LogP contribution in [0.1, 0.15) is 0 Å². The monoisotopic (exact) mass is 517 g/mol. The summed E-state index contributed by atoms with van der Waals surface area (Å²) >= 11 is 0. The van der Waals surface area contributed by atoms with E-state index in [0.29, 0.717) is 0 Å². The molecule has 0 aromatic heterocycles. The molecule has 3 saturated heterocycles. The Labute approximate surface area is 197 Å². The normalized spacial score (nSPS) is 51.2. The number of hydrogen-bond acceptors (Lipinski definition) is 16. The molecule has 17 heteroatoms. The number of aliphatic hydroxyl groups excluding tert-OH is 9. The van der Waals surface area contributed by atoms with Gasteiger partial charge in [0.15, 0.2) is 25.0 Å². The van der Waals surface area contributed by atoms with Gasteiger partial charge in [0, 0.05) is 0 Å². The molecular formula is C18H31NO16. The molecule has 17 nitrogen and oxygen atoms in total. The minimum atomic E-state index is -2.03. The largest absolute Gasteiger partial charge is 0.479 e. The third-order valence-electron chi connectivity index (χ3n) is 6.12. The first-order valence-corrected chi connectivity index (χ1v) is 10.7. The summed E-state index contributed by atoms with van der Waals surface area (Å²) in [6.45, 7) is -1.34. The van der Waals surface area contributed by atoms with E-state index in [0.717, 1.165) is 0 Å². The van der Waals surface area contributed by atoms with Gasteiger partial charge in [-0.05, 0) is 0 Å². The number of hydrogen-bond donors (Lipinski definition) is 11. The summed E-state index contributed by atoms with van der Waals surface area (Å²) in [5.41, 5.74) is 5.82. The average Bonchev–Trinajstić information content (AvgIpc) is 2.82. The SMILES string of the molecule is N[C@H]1[C@@H](O[C@H]2[C@H](O)[C@@H](O)[C@@H](O)O[C@@H]2C(=O)O)O[C@H](CO[C@H]2O[C@H](CO)[C@H](O)[C@H](O)[C@H]2O)[C@@H](O)[C@@H]1O. The number of aliphatic carboxylic acids is 1. The van der Waals surface area contributed by atoms with Gasteiger partial charge in [0.25, 0.3) is 0 Å². The van der Waals surface area contributed by atoms with Crippen LogP contribution in [0, 0.1) is 0 Å². The molecule has 3 aliphatic heterocycles. The zero-order chi connectivity index (χ0) is 26.2. The van der Waals surface area contributed by atoms with E-state index in [1.54, 1.807) is 0 Å². The van der Waals surface area contributed by atoms with Crippen LogP contribution in [0.4, 0.5) is 0 Å². The molecule has 3 heterocycles. The molecular weight excluding hydrogens is 486 g/mol. The maximum absolute atomic E-state index is 11.5. The zero-order valence-electron chi connectivity index (χ0n) is 18.1. The number of rotatable bonds is 7. The van der Waals surface area contributed by atoms with Crippen LogP contribution in [0.3, 0.4) is 0 Å². The van der Waals surface area contributed by atoms with Gasteiger partial charge >= 0.3 is 5.97 Å². The van der Waals surface area contributed by atoms with Crippen LogP contribution in [0.25, 0.3) is 0 Å². The number of aliphatic hydroxyl groups is 9. The van der Waals surface area contributed by atoms with Gasteiger partial charge in [-0.25, -0.2) is 4.79 Å². The van der Waals surface area contributed by atoms with E-state index in [-0.39, 0.29) is 0 Å². The fourth-order valence-electron chi connectivity index (χ4n) is 3.96. The molecule has 12 N–H and O–H groups in total. The summed E-state index contributed by atoms with van der Waals surface area (Å²) in [6.07, 6.45) is -24.3. The Morgan fingerprint density at radius 3 is 1.94 bits per heavy atom. The minimum absolute atomic E-state index is 0.624. The van der Waals surface area contributed by atoms with Crippen LogP contribution >= 0.6 is 0 Å². The molecule has 3 rings (SSSR count). The lowest BCUT2D eigenvalue weighted by Crippen LogP contribution is -2.67. The van der Waals surface area contributed by atoms with Crippen molar-refractivity contribution in [2.75, 3.05) is 13.2 Å². The van der Waals surface area contributed by atoms with Gasteiger partial charge in [-0.3, -0.25) is 0 Å². The van der Waals surface area contributed by atoms with Crippen LogP contribution in [0.15, 0.2) is 0 Å². The number of nitrogens with two attached hydrogens (primary N) is 1. The van der Waals surface area contributed by atoms with Crippen LogP contribution in [-0.4, -0.2) is 162 Å². The highest BCUT2D eigenvalue weighted by Gasteiger charge is 2.52. The van der Waals surface area contributed by atoms with Gasteiger partial charge in [0.1, 0.15) is 61.0 Å². The molecule has 35 heavy (non-hydrogen) atoms. The molecule has 15 atom stereocenters. The molecule has 0 saturated carbocycles. The molecule has 0 unspecified atom stereocenters. The third-order valence-corrected chi connectivity index (χ3v) is 6.12. The maximum Gasteiger partial charge on any atom is 0.335 e. The van der Waals surface area contributed by atoms with Crippen molar-refractivity contribution in [1.29, 1.82) is 0 Å². The maximum atomic E-state index is 11.5. The summed E-state index contributed by atoms with van der Waals surface area (Å²) in [4.78, 5) is 11.5. The van der Waals surface area contributed by atoms with Crippen molar-refractivity contribution in [1.82, 2.24) is 0 Å². The highest BCUT2D eigenvalue weighted by atomic mass is 16.7. The first kappa shape index (κ1) is 28.4. The predicted octanol–water partition coefficient (Wildman–Crippen LogP) is -7.51. The Morgan fingerprint density at radius 2 is 1.34 bits per heavy atom. The smallest absolute Gasteiger partial charge is 0.335 e. The van der Waals surface area contributed by atoms with Gasteiger partial charge in [0.2, 0.25) is 0 Å². The molecule has 0 aromatic carbocycles. The van der Waals surface area contributed by atoms with Crippen molar-refractivity contribution in [3.63, 3.8) is 0 Å². The van der Waals surface area contributed by atoms with Crippen molar-refractivity contribution in [3.05, 3.63) is 0 Å². The van der Waals surface area contributed by atoms with E-state index >= 15 is 0 Å². The van der Waals surface area contributed by atoms with Crippen molar-refractivity contribution in [2.24, 2.45) is 5.73 Å². The molecule has 3 fully saturated rings. The van der Waals surface area contributed by atoms with Crippen molar-refractivity contribution in [2.45, 2.75) is 92.1 Å². The molecule has 0 aromatic rings. The van der Waals surface area contributed by atoms with Crippen LogP contribution in [0.2, 0.25) is 0 Å². The van der Waals surface area contributed by atoms with E-state index in [4.69, 9.17) is 29.4 Å². The van der Waals surface area contributed by atoms with Crippen LogP contribution in [0.5, 0.6) is 0 Å². The first-order chi connectivity index (χ1) is 16.4. The second-order valence-electron chi connectivity index (χ2n) is 8.50. The Balaban J connectivity index is 1.69. The number of ether oxygens (including phenoxy) is 5. The average molecular weight is 517 g/mol. The highest BCUT2D eigenvalue weighted by molar-refractivity contribution is 5.73. The molecule has 204 valence electrons. The molecule has 0 aliphatic carbocycles. The Bertz CT molecular complexity index is 714. The summed E-state index contributed by atoms with van der Waals surface area (Å²) < 4.78 is 26.1. The number of carboxylic acids is 1. The van der Waals surface area contributed by atoms with E-state index in [9.17, 15) is 55.9 Å². The van der Waals surface area contributed by atoms with Crippen molar-refractivity contribution in [3.8, 4) is 0 Å². The topological polar surface area (TPSA) is 292 Å². The van der Waals surface area contributed by atoms with E-state index in [1.807, 2.05) is 0 Å². The lowest BCUT2D eigenvalue weighted by molar-refractivity contribution is -0.343. The van der Waals surface area contributed by atoms with Gasteiger partial charge in [0.05, 0.1) is 19.3 Å². The standard InChI is InChI=1S/C18H31NO16/c19-5-8(23)7(22)4(2-31-18-12(27)9(24)6(21)3(1-20)32-18)33-17(5)35-13-10(25)11(26)16(30)34-14(13)15(28)29/h3-14,16-18,20-27,30H,1-2,19H2,(H,28,29)/t3-,4-,5-,6+,7-,8-,9+,10-,11-,12-,13+,14+,16+,17-,18+/m1/s1. The molecule has 0 bridgehead atoms. The number of carbonyl (C=O) groups is 1. The fraction of sp³-hybridized carbons (Fsp3) is 0.944. The Hall–Kier alpha value is -1.13. The summed E-state index contributed by atoms with van der Waals surface area (Å²) in [5, 5.41) is 98.5. The molecule has 3 aliphatic rings. The highest BCUT2D eigenvalue weighted by Crippen LogP contribution is 2.29. The van der Waals surface area contributed by atoms with Crippen molar-refractivity contribution < 1.29 is 79.5 Å². The lowest BCUT2D eigenvalue weighted by atomic mass is 9.96. The molecule has 0 spiro atoms. The Morgan fingerprint density at radius 1 is 0.743 bits per heavy atom. The quantitative estimate of drug-likeness (QED) is 0.149. The summed E-state index contributed by atoms with van der Waals surface area (Å²) in [7, 11) is 0. The zero-order valence-corrected chi connectivity index (χ0v) is 18.1. The van der Waals surface area contributed by atoms with Gasteiger partial charge < -0.3 is 80.5 Å². The van der Waals surface area contributed by atoms with Gasteiger partial charge in [-0.2, -0.15) is 0 Å². The second kappa shape index (κ2) is 11.5. The number of carboxylic acid groups (broad SMARTS) is 1. The van der Waals surface area contributed by atoms with E-state index in [2.05, 4.69) is 0 Å². The van der Waals surface area contributed by atoms with E-state index in [1.165, 1.54) is 0 Å². The first-order valence-electron chi connectivity index (χ1n) is 10.7. The van der Waals surface area contributed by atoms with Gasteiger partial charge in [-0.15, -0.1) is 0 Å². The predicted molar refractivity (Wildman–Crippen MR) is 104 cm³/mol. The van der Waals surface area contributed by atoms with Crippen LogP contribution < -0.4 is 5.73 Å². The second-order valence-corrected chi connectivity index (χ2v) is 8.50. The molecule has 0 radical (unpaired) electrons. The van der Waals surface area contributed by atoms with E-state index < -0.39 is 111 Å². The Kier molecular flexibility index (Phi) is 9.35. The summed E-state index contributed by atoms with van der Waals surface area (Å²) in [5.74, 6) is -1.66. The lowest BCUT2D eigenvalue weighted by Gasteiger charge is -2.45. The van der Waals surface area contributed by atoms with Crippen molar-refractivity contribution >= 4 is 5.97 Å². The fourth-order valence-corrected chi connectivity index (χ4v) is 3.96. The van der Waals surface area contributed by atoms with Crippen LogP contribution in [-0.2, 0) is 28.5 Å². The summed E-state index contributed by atoms with van der Waals surface area (Å²) in [6, 6.07) is -1.49. The van der Waals surface area contributed by atoms with Gasteiger partial charge in [-0.1, -0.05) is 0 Å². The minimum Gasteiger partial charge on any atom is -0.479 e. The molecule has 0 amide bonds.